The minimum Gasteiger partial charge on any atom is -0.469 e. The molecule has 1 aromatic carbocycles. The van der Waals surface area contributed by atoms with E-state index in [1.807, 2.05) is 25.1 Å². The van der Waals surface area contributed by atoms with Gasteiger partial charge in [0, 0.05) is 31.1 Å². The van der Waals surface area contributed by atoms with Gasteiger partial charge < -0.3 is 20.5 Å². The third kappa shape index (κ3) is 6.56. The van der Waals surface area contributed by atoms with E-state index in [2.05, 4.69) is 10.6 Å². The normalized spacial score (nSPS) is 19.3. The predicted octanol–water partition coefficient (Wildman–Crippen LogP) is 2.11. The average Bonchev–Trinajstić information content (AvgIpc) is 3.05. The molecule has 2 atom stereocenters. The van der Waals surface area contributed by atoms with Crippen molar-refractivity contribution in [2.24, 2.45) is 0 Å². The predicted molar refractivity (Wildman–Crippen MR) is 113 cm³/mol. The van der Waals surface area contributed by atoms with E-state index in [0.717, 1.165) is 6.42 Å². The van der Waals surface area contributed by atoms with Crippen LogP contribution in [0, 0.1) is 0 Å². The van der Waals surface area contributed by atoms with Crippen molar-refractivity contribution in [3.8, 4) is 0 Å². The fourth-order valence-electron chi connectivity index (χ4n) is 3.02. The number of aliphatic hydroxyl groups excluding tert-OH is 1. The summed E-state index contributed by atoms with van der Waals surface area (Å²) in [6, 6.07) is 9.01. The van der Waals surface area contributed by atoms with Crippen molar-refractivity contribution in [3.63, 3.8) is 0 Å². The Balaban J connectivity index is 1.70. The Morgan fingerprint density at radius 2 is 1.80 bits per heavy atom. The van der Waals surface area contributed by atoms with Crippen LogP contribution in [0.4, 0.5) is 0 Å². The van der Waals surface area contributed by atoms with Crippen LogP contribution in [-0.2, 0) is 24.7 Å². The molecule has 0 aromatic heterocycles. The van der Waals surface area contributed by atoms with Crippen molar-refractivity contribution in [1.29, 1.82) is 0 Å². The first kappa shape index (κ1) is 23.3. The summed E-state index contributed by atoms with van der Waals surface area (Å²) in [7, 11) is 0. The number of carbonyl (C=O) groups is 3. The van der Waals surface area contributed by atoms with Gasteiger partial charge in [-0.3, -0.25) is 14.4 Å². The monoisotopic (exact) mass is 414 g/mol. The second-order valence-electron chi connectivity index (χ2n) is 7.29. The number of nitrogens with one attached hydrogen (secondary N) is 2. The van der Waals surface area contributed by atoms with Gasteiger partial charge in [-0.1, -0.05) is 49.4 Å². The quantitative estimate of drug-likeness (QED) is 0.481. The molecule has 0 radical (unpaired) electrons. The van der Waals surface area contributed by atoms with Crippen molar-refractivity contribution in [2.45, 2.75) is 51.2 Å². The number of hydrogen-bond acceptors (Lipinski definition) is 5. The summed E-state index contributed by atoms with van der Waals surface area (Å²) in [5.74, 6) is -0.903. The minimum atomic E-state index is -1.21. The molecule has 1 aliphatic heterocycles. The van der Waals surface area contributed by atoms with Crippen LogP contribution in [0.15, 0.2) is 54.3 Å². The van der Waals surface area contributed by atoms with Crippen LogP contribution in [0.25, 0.3) is 0 Å². The summed E-state index contributed by atoms with van der Waals surface area (Å²) in [4.78, 5) is 36.3. The number of rotatable bonds is 11. The van der Waals surface area contributed by atoms with E-state index in [-0.39, 0.29) is 24.0 Å². The lowest BCUT2D eigenvalue weighted by Gasteiger charge is -2.24. The van der Waals surface area contributed by atoms with Gasteiger partial charge in [-0.05, 0) is 26.2 Å². The molecule has 0 aliphatic carbocycles. The van der Waals surface area contributed by atoms with Gasteiger partial charge in [-0.2, -0.15) is 0 Å². The highest BCUT2D eigenvalue weighted by Gasteiger charge is 2.43. The van der Waals surface area contributed by atoms with E-state index in [0.29, 0.717) is 31.4 Å². The van der Waals surface area contributed by atoms with Crippen LogP contribution < -0.4 is 10.6 Å². The third-order valence-electron chi connectivity index (χ3n) is 4.86. The number of ketones is 1. The SMILES string of the molecule is CC/C=C\CC(=O)NCCC(O)CCNC(=O)C1=CC(=O)C(C)(c2ccccc2)O1. The van der Waals surface area contributed by atoms with Crippen LogP contribution in [0.3, 0.4) is 0 Å². The molecule has 7 heteroatoms. The number of ether oxygens (including phenoxy) is 1. The number of amides is 2. The van der Waals surface area contributed by atoms with Crippen molar-refractivity contribution in [1.82, 2.24) is 10.6 Å². The van der Waals surface area contributed by atoms with Gasteiger partial charge in [0.15, 0.2) is 11.4 Å². The molecule has 0 saturated heterocycles. The summed E-state index contributed by atoms with van der Waals surface area (Å²) in [6.45, 7) is 4.23. The Morgan fingerprint density at radius 1 is 1.13 bits per heavy atom. The average molecular weight is 415 g/mol. The summed E-state index contributed by atoms with van der Waals surface area (Å²) in [6.07, 6.45) is 6.23. The van der Waals surface area contributed by atoms with E-state index in [1.165, 1.54) is 6.08 Å². The van der Waals surface area contributed by atoms with Gasteiger partial charge in [-0.25, -0.2) is 0 Å². The largest absolute Gasteiger partial charge is 0.469 e. The zero-order valence-corrected chi connectivity index (χ0v) is 17.5. The first-order valence-corrected chi connectivity index (χ1v) is 10.3. The summed E-state index contributed by atoms with van der Waals surface area (Å²) in [5.41, 5.74) is -0.533. The van der Waals surface area contributed by atoms with Crippen LogP contribution in [-0.4, -0.2) is 41.9 Å². The van der Waals surface area contributed by atoms with Gasteiger partial charge in [0.1, 0.15) is 0 Å². The second-order valence-corrected chi connectivity index (χ2v) is 7.29. The van der Waals surface area contributed by atoms with Crippen LogP contribution in [0.2, 0.25) is 0 Å². The standard InChI is InChI=1S/C23H30N2O5/c1-3-4-6-11-21(28)24-14-12-18(26)13-15-25-22(29)19-16-20(27)23(2,30-19)17-9-7-5-8-10-17/h4-10,16,18,26H,3,11-15H2,1-2H3,(H,24,28)(H,25,29)/b6-4-. The maximum Gasteiger partial charge on any atom is 0.286 e. The fraction of sp³-hybridized carbons (Fsp3) is 0.435. The maximum atomic E-state index is 12.4. The highest BCUT2D eigenvalue weighted by molar-refractivity contribution is 6.07. The topological polar surface area (TPSA) is 105 Å². The Hall–Kier alpha value is -2.93. The van der Waals surface area contributed by atoms with Gasteiger partial charge in [0.25, 0.3) is 5.91 Å². The molecule has 0 saturated carbocycles. The molecular weight excluding hydrogens is 384 g/mol. The molecule has 1 aromatic rings. The number of benzene rings is 1. The molecule has 0 bridgehead atoms. The molecule has 30 heavy (non-hydrogen) atoms. The maximum absolute atomic E-state index is 12.4. The number of carbonyl (C=O) groups excluding carboxylic acids is 3. The minimum absolute atomic E-state index is 0.0340. The molecule has 2 amide bonds. The lowest BCUT2D eigenvalue weighted by molar-refractivity contribution is -0.132. The Bertz CT molecular complexity index is 803. The molecule has 0 fully saturated rings. The highest BCUT2D eigenvalue weighted by atomic mass is 16.5. The molecule has 7 nitrogen and oxygen atoms in total. The van der Waals surface area contributed by atoms with Gasteiger partial charge >= 0.3 is 0 Å². The number of allylic oxidation sites excluding steroid dienone is 1. The summed E-state index contributed by atoms with van der Waals surface area (Å²) < 4.78 is 5.68. The van der Waals surface area contributed by atoms with Crippen LogP contribution in [0.1, 0.15) is 45.1 Å². The Morgan fingerprint density at radius 3 is 2.47 bits per heavy atom. The summed E-state index contributed by atoms with van der Waals surface area (Å²) in [5, 5.41) is 15.4. The molecule has 0 spiro atoms. The molecule has 162 valence electrons. The Labute approximate surface area is 177 Å². The van der Waals surface area contributed by atoms with Crippen molar-refractivity contribution in [2.75, 3.05) is 13.1 Å². The van der Waals surface area contributed by atoms with E-state index < -0.39 is 17.6 Å². The number of hydrogen-bond donors (Lipinski definition) is 3. The molecule has 2 rings (SSSR count). The van der Waals surface area contributed by atoms with Crippen molar-refractivity contribution < 1.29 is 24.2 Å². The molecule has 1 aliphatic rings. The number of aliphatic hydroxyl groups is 1. The molecule has 2 unspecified atom stereocenters. The summed E-state index contributed by atoms with van der Waals surface area (Å²) >= 11 is 0. The third-order valence-corrected chi connectivity index (χ3v) is 4.86. The van der Waals surface area contributed by atoms with Gasteiger partial charge in [0.05, 0.1) is 6.10 Å². The van der Waals surface area contributed by atoms with Crippen LogP contribution >= 0.6 is 0 Å². The first-order valence-electron chi connectivity index (χ1n) is 10.3. The van der Waals surface area contributed by atoms with E-state index in [1.54, 1.807) is 31.2 Å². The zero-order valence-electron chi connectivity index (χ0n) is 17.5. The van der Waals surface area contributed by atoms with Crippen molar-refractivity contribution >= 4 is 17.6 Å². The lowest BCUT2D eigenvalue weighted by atomic mass is 9.92. The highest BCUT2D eigenvalue weighted by Crippen LogP contribution is 2.34. The molecular formula is C23H30N2O5. The molecule has 3 N–H and O–H groups in total. The van der Waals surface area contributed by atoms with Gasteiger partial charge in [0.2, 0.25) is 11.7 Å². The lowest BCUT2D eigenvalue weighted by Crippen LogP contribution is -2.33. The van der Waals surface area contributed by atoms with E-state index in [4.69, 9.17) is 4.74 Å². The van der Waals surface area contributed by atoms with Gasteiger partial charge in [-0.15, -0.1) is 0 Å². The first-order chi connectivity index (χ1) is 14.4. The Kier molecular flexibility index (Phi) is 8.80. The van der Waals surface area contributed by atoms with Crippen LogP contribution in [0.5, 0.6) is 0 Å². The van der Waals surface area contributed by atoms with E-state index in [9.17, 15) is 19.5 Å². The van der Waals surface area contributed by atoms with E-state index >= 15 is 0 Å². The molecule has 1 heterocycles. The second kappa shape index (κ2) is 11.3. The fourth-order valence-corrected chi connectivity index (χ4v) is 3.02. The smallest absolute Gasteiger partial charge is 0.286 e. The van der Waals surface area contributed by atoms with Crippen molar-refractivity contribution in [3.05, 3.63) is 59.9 Å². The zero-order chi connectivity index (χ0) is 22.0.